The lowest BCUT2D eigenvalue weighted by Crippen LogP contribution is -2.41. The van der Waals surface area contributed by atoms with Crippen LogP contribution in [0.25, 0.3) is 0 Å². The van der Waals surface area contributed by atoms with Crippen molar-refractivity contribution in [2.24, 2.45) is 0 Å². The van der Waals surface area contributed by atoms with Gasteiger partial charge >= 0.3 is 7.12 Å². The Morgan fingerprint density at radius 3 is 2.40 bits per heavy atom. The number of morpholine rings is 1. The average Bonchev–Trinajstić information content (AvgIpc) is 2.78. The number of rotatable bonds is 5. The van der Waals surface area contributed by atoms with Gasteiger partial charge < -0.3 is 23.9 Å². The second kappa shape index (κ2) is 7.15. The SMILES string of the molecule is CC1(C)OB(c2ccc(O)c(OCCN3CCOCC3)c2)OC1(C)C. The molecule has 6 nitrogen and oxygen atoms in total. The summed E-state index contributed by atoms with van der Waals surface area (Å²) >= 11 is 0. The molecule has 1 N–H and O–H groups in total. The summed E-state index contributed by atoms with van der Waals surface area (Å²) in [6.45, 7) is 12.8. The van der Waals surface area contributed by atoms with E-state index in [1.54, 1.807) is 12.1 Å². The van der Waals surface area contributed by atoms with Crippen molar-refractivity contribution < 1.29 is 23.9 Å². The molecule has 2 saturated heterocycles. The number of hydrogen-bond acceptors (Lipinski definition) is 6. The normalized spacial score (nSPS) is 23.0. The highest BCUT2D eigenvalue weighted by Crippen LogP contribution is 2.37. The van der Waals surface area contributed by atoms with Crippen LogP contribution in [0.15, 0.2) is 18.2 Å². The Balaban J connectivity index is 1.62. The zero-order chi connectivity index (χ0) is 18.1. The van der Waals surface area contributed by atoms with Crippen LogP contribution in [0.3, 0.4) is 0 Å². The molecule has 0 saturated carbocycles. The predicted octanol–water partition coefficient (Wildman–Crippen LogP) is 1.40. The highest BCUT2D eigenvalue weighted by Gasteiger charge is 2.51. The quantitative estimate of drug-likeness (QED) is 0.811. The van der Waals surface area contributed by atoms with Gasteiger partial charge in [0, 0.05) is 19.6 Å². The van der Waals surface area contributed by atoms with Crippen LogP contribution in [0.5, 0.6) is 11.5 Å². The topological polar surface area (TPSA) is 60.4 Å². The molecule has 25 heavy (non-hydrogen) atoms. The molecule has 0 amide bonds. The maximum atomic E-state index is 10.1. The van der Waals surface area contributed by atoms with Gasteiger partial charge in [-0.1, -0.05) is 6.07 Å². The fourth-order valence-electron chi connectivity index (χ4n) is 2.88. The van der Waals surface area contributed by atoms with E-state index in [1.165, 1.54) is 0 Å². The van der Waals surface area contributed by atoms with E-state index in [4.69, 9.17) is 18.8 Å². The van der Waals surface area contributed by atoms with E-state index in [9.17, 15) is 5.11 Å². The Morgan fingerprint density at radius 1 is 1.12 bits per heavy atom. The van der Waals surface area contributed by atoms with Gasteiger partial charge in [-0.05, 0) is 45.3 Å². The Bertz CT molecular complexity index is 585. The molecule has 2 heterocycles. The van der Waals surface area contributed by atoms with E-state index in [0.29, 0.717) is 12.4 Å². The summed E-state index contributed by atoms with van der Waals surface area (Å²) in [5, 5.41) is 10.1. The molecule has 0 aromatic heterocycles. The molecule has 2 aliphatic rings. The lowest BCUT2D eigenvalue weighted by molar-refractivity contribution is 0.00578. The molecule has 2 aliphatic heterocycles. The second-order valence-corrected chi connectivity index (χ2v) is 7.62. The average molecular weight is 349 g/mol. The number of phenolic OH excluding ortho intramolecular Hbond substituents is 1. The van der Waals surface area contributed by atoms with E-state index in [0.717, 1.165) is 38.3 Å². The first-order valence-corrected chi connectivity index (χ1v) is 8.90. The molecule has 0 spiro atoms. The maximum absolute atomic E-state index is 10.1. The van der Waals surface area contributed by atoms with Crippen molar-refractivity contribution in [1.29, 1.82) is 0 Å². The minimum absolute atomic E-state index is 0.127. The van der Waals surface area contributed by atoms with Gasteiger partial charge in [-0.15, -0.1) is 0 Å². The first-order valence-electron chi connectivity index (χ1n) is 8.90. The van der Waals surface area contributed by atoms with Crippen molar-refractivity contribution >= 4 is 12.6 Å². The second-order valence-electron chi connectivity index (χ2n) is 7.62. The first kappa shape index (κ1) is 18.5. The van der Waals surface area contributed by atoms with Gasteiger partial charge in [0.05, 0.1) is 24.4 Å². The van der Waals surface area contributed by atoms with Crippen LogP contribution in [0.1, 0.15) is 27.7 Å². The summed E-state index contributed by atoms with van der Waals surface area (Å²) in [5.41, 5.74) is 0.0534. The van der Waals surface area contributed by atoms with Crippen LogP contribution in [0.2, 0.25) is 0 Å². The lowest BCUT2D eigenvalue weighted by atomic mass is 9.79. The molecule has 1 aromatic carbocycles. The summed E-state index contributed by atoms with van der Waals surface area (Å²) in [5.74, 6) is 0.586. The third-order valence-electron chi connectivity index (χ3n) is 5.28. The van der Waals surface area contributed by atoms with Gasteiger partial charge in [0.2, 0.25) is 0 Å². The molecule has 0 unspecified atom stereocenters. The number of hydrogen-bond donors (Lipinski definition) is 1. The van der Waals surface area contributed by atoms with Crippen LogP contribution in [-0.4, -0.2) is 67.8 Å². The van der Waals surface area contributed by atoms with Crippen molar-refractivity contribution in [1.82, 2.24) is 4.90 Å². The van der Waals surface area contributed by atoms with E-state index in [-0.39, 0.29) is 5.75 Å². The van der Waals surface area contributed by atoms with Gasteiger partial charge in [0.1, 0.15) is 6.61 Å². The Labute approximate surface area is 150 Å². The monoisotopic (exact) mass is 349 g/mol. The summed E-state index contributed by atoms with van der Waals surface area (Å²) in [6.07, 6.45) is 0. The van der Waals surface area contributed by atoms with Crippen LogP contribution in [0, 0.1) is 0 Å². The van der Waals surface area contributed by atoms with Crippen molar-refractivity contribution in [2.45, 2.75) is 38.9 Å². The van der Waals surface area contributed by atoms with E-state index in [1.807, 2.05) is 33.8 Å². The van der Waals surface area contributed by atoms with E-state index in [2.05, 4.69) is 4.90 Å². The van der Waals surface area contributed by atoms with Gasteiger partial charge in [-0.25, -0.2) is 0 Å². The highest BCUT2D eigenvalue weighted by atomic mass is 16.7. The van der Waals surface area contributed by atoms with Crippen molar-refractivity contribution in [3.63, 3.8) is 0 Å². The van der Waals surface area contributed by atoms with Crippen molar-refractivity contribution in [3.05, 3.63) is 18.2 Å². The van der Waals surface area contributed by atoms with Crippen LogP contribution in [-0.2, 0) is 14.0 Å². The molecular formula is C18H28BNO5. The number of aromatic hydroxyl groups is 1. The summed E-state index contributed by atoms with van der Waals surface area (Å²) in [4.78, 5) is 2.29. The maximum Gasteiger partial charge on any atom is 0.494 e. The van der Waals surface area contributed by atoms with Gasteiger partial charge in [0.15, 0.2) is 11.5 Å². The summed E-state index contributed by atoms with van der Waals surface area (Å²) in [6, 6.07) is 5.24. The van der Waals surface area contributed by atoms with Gasteiger partial charge in [-0.2, -0.15) is 0 Å². The Morgan fingerprint density at radius 2 is 1.76 bits per heavy atom. The minimum atomic E-state index is -0.466. The largest absolute Gasteiger partial charge is 0.504 e. The molecule has 2 fully saturated rings. The number of ether oxygens (including phenoxy) is 2. The molecule has 3 rings (SSSR count). The molecule has 0 atom stereocenters. The van der Waals surface area contributed by atoms with Crippen LogP contribution >= 0.6 is 0 Å². The van der Waals surface area contributed by atoms with Gasteiger partial charge in [-0.3, -0.25) is 4.90 Å². The summed E-state index contributed by atoms with van der Waals surface area (Å²) < 4.78 is 23.3. The standard InChI is InChI=1S/C18H28BNO5/c1-17(2)18(3,4)25-19(24-17)14-5-6-15(21)16(13-14)23-12-9-20-7-10-22-11-8-20/h5-6,13,21H,7-12H2,1-4H3. The Hall–Kier alpha value is -1.28. The third-order valence-corrected chi connectivity index (χ3v) is 5.28. The molecule has 0 bridgehead atoms. The minimum Gasteiger partial charge on any atom is -0.504 e. The number of phenols is 1. The van der Waals surface area contributed by atoms with Crippen LogP contribution in [0.4, 0.5) is 0 Å². The smallest absolute Gasteiger partial charge is 0.494 e. The fourth-order valence-corrected chi connectivity index (χ4v) is 2.88. The zero-order valence-electron chi connectivity index (χ0n) is 15.6. The lowest BCUT2D eigenvalue weighted by Gasteiger charge is -2.32. The highest BCUT2D eigenvalue weighted by molar-refractivity contribution is 6.62. The number of benzene rings is 1. The van der Waals surface area contributed by atoms with Gasteiger partial charge in [0.25, 0.3) is 0 Å². The van der Waals surface area contributed by atoms with E-state index >= 15 is 0 Å². The molecule has 0 radical (unpaired) electrons. The van der Waals surface area contributed by atoms with E-state index < -0.39 is 18.3 Å². The third kappa shape index (κ3) is 4.11. The molecule has 138 valence electrons. The van der Waals surface area contributed by atoms with Crippen molar-refractivity contribution in [2.75, 3.05) is 39.5 Å². The predicted molar refractivity (Wildman–Crippen MR) is 96.6 cm³/mol. The number of nitrogens with zero attached hydrogens (tertiary/aromatic N) is 1. The van der Waals surface area contributed by atoms with Crippen LogP contribution < -0.4 is 10.2 Å². The first-order chi connectivity index (χ1) is 11.8. The zero-order valence-corrected chi connectivity index (χ0v) is 15.6. The van der Waals surface area contributed by atoms with Crippen molar-refractivity contribution in [3.8, 4) is 11.5 Å². The molecular weight excluding hydrogens is 321 g/mol. The molecule has 7 heteroatoms. The molecule has 0 aliphatic carbocycles. The summed E-state index contributed by atoms with van der Waals surface area (Å²) in [7, 11) is -0.466. The Kier molecular flexibility index (Phi) is 5.30. The molecule has 1 aromatic rings. The fraction of sp³-hybridized carbons (Fsp3) is 0.667.